The van der Waals surface area contributed by atoms with E-state index in [1.54, 1.807) is 6.92 Å². The number of thioether (sulfide) groups is 1. The number of carbonyl (C=O) groups excluding carboxylic acids is 2. The van der Waals surface area contributed by atoms with Crippen molar-refractivity contribution in [3.63, 3.8) is 0 Å². The zero-order valence-corrected chi connectivity index (χ0v) is 14.9. The molecule has 0 spiro atoms. The summed E-state index contributed by atoms with van der Waals surface area (Å²) in [5, 5.41) is 14.2. The topological polar surface area (TPSA) is 111 Å². The monoisotopic (exact) mass is 362 g/mol. The largest absolute Gasteiger partial charge is 0.463 e. The lowest BCUT2D eigenvalue weighted by atomic mass is 10.2. The Labute approximate surface area is 148 Å². The highest BCUT2D eigenvalue weighted by Crippen LogP contribution is 2.22. The molecule has 1 aliphatic heterocycles. The molecular formula is C15H18N6O3S. The Morgan fingerprint density at radius 2 is 2.20 bits per heavy atom. The Bertz CT molecular complexity index is 876. The van der Waals surface area contributed by atoms with E-state index in [2.05, 4.69) is 25.8 Å². The fraction of sp³-hybridized carbons (Fsp3) is 0.400. The number of amides is 2. The van der Waals surface area contributed by atoms with Gasteiger partial charge in [-0.05, 0) is 20.8 Å². The van der Waals surface area contributed by atoms with E-state index < -0.39 is 5.97 Å². The number of urea groups is 1. The van der Waals surface area contributed by atoms with Gasteiger partial charge < -0.3 is 15.4 Å². The van der Waals surface area contributed by atoms with E-state index >= 15 is 0 Å². The standard InChI is InChI=1S/C15H18N6O3S/c1-4-24-13(22)10-6-16-14(23)18-11(10)7-25-15-20-19-12-5-8(2)17-9(3)21(12)15/h5H,4,6-7H2,1-3H3,(H2,16,18,23). The van der Waals surface area contributed by atoms with Gasteiger partial charge in [-0.2, -0.15) is 0 Å². The number of aryl methyl sites for hydroxylation is 2. The number of ether oxygens (including phenoxy) is 1. The van der Waals surface area contributed by atoms with Gasteiger partial charge in [0.2, 0.25) is 0 Å². The SMILES string of the molecule is CCOC(=O)C1=C(CSc2nnc3cc(C)nc(C)n23)NC(=O)NC1. The van der Waals surface area contributed by atoms with Gasteiger partial charge in [0.15, 0.2) is 10.8 Å². The van der Waals surface area contributed by atoms with Crippen LogP contribution >= 0.6 is 11.8 Å². The van der Waals surface area contributed by atoms with E-state index in [1.807, 2.05) is 24.3 Å². The Morgan fingerprint density at radius 1 is 1.40 bits per heavy atom. The molecule has 0 aliphatic carbocycles. The minimum atomic E-state index is -0.440. The lowest BCUT2D eigenvalue weighted by Crippen LogP contribution is -2.44. The first-order chi connectivity index (χ1) is 12.0. The highest BCUT2D eigenvalue weighted by Gasteiger charge is 2.24. The summed E-state index contributed by atoms with van der Waals surface area (Å²) in [5.74, 6) is 0.692. The van der Waals surface area contributed by atoms with E-state index in [0.717, 1.165) is 11.5 Å². The average molecular weight is 362 g/mol. The number of hydrogen-bond acceptors (Lipinski definition) is 7. The minimum Gasteiger partial charge on any atom is -0.463 e. The highest BCUT2D eigenvalue weighted by atomic mass is 32.2. The van der Waals surface area contributed by atoms with Crippen LogP contribution in [0.4, 0.5) is 4.79 Å². The van der Waals surface area contributed by atoms with Gasteiger partial charge >= 0.3 is 12.0 Å². The molecule has 0 saturated carbocycles. The van der Waals surface area contributed by atoms with E-state index in [1.165, 1.54) is 11.8 Å². The van der Waals surface area contributed by atoms with Crippen LogP contribution in [0.3, 0.4) is 0 Å². The van der Waals surface area contributed by atoms with Gasteiger partial charge in [-0.1, -0.05) is 11.8 Å². The number of aromatic nitrogens is 4. The Morgan fingerprint density at radius 3 is 2.96 bits per heavy atom. The molecule has 9 nitrogen and oxygen atoms in total. The van der Waals surface area contributed by atoms with Crippen molar-refractivity contribution in [3.05, 3.63) is 28.9 Å². The van der Waals surface area contributed by atoms with Gasteiger partial charge in [0, 0.05) is 23.2 Å². The van der Waals surface area contributed by atoms with Crippen LogP contribution in [0.1, 0.15) is 18.4 Å². The van der Waals surface area contributed by atoms with Crippen molar-refractivity contribution in [1.29, 1.82) is 0 Å². The van der Waals surface area contributed by atoms with E-state index in [-0.39, 0.29) is 19.2 Å². The van der Waals surface area contributed by atoms with Crippen LogP contribution in [0.15, 0.2) is 22.5 Å². The second-order valence-corrected chi connectivity index (χ2v) is 6.34. The summed E-state index contributed by atoms with van der Waals surface area (Å²) in [4.78, 5) is 28.1. The number of nitrogens with one attached hydrogen (secondary N) is 2. The van der Waals surface area contributed by atoms with Crippen molar-refractivity contribution < 1.29 is 14.3 Å². The van der Waals surface area contributed by atoms with Gasteiger partial charge in [0.1, 0.15) is 5.82 Å². The van der Waals surface area contributed by atoms with Crippen molar-refractivity contribution in [3.8, 4) is 0 Å². The molecule has 3 rings (SSSR count). The predicted octanol–water partition coefficient (Wildman–Crippen LogP) is 0.963. The molecule has 1 aliphatic rings. The molecule has 0 unspecified atom stereocenters. The summed E-state index contributed by atoms with van der Waals surface area (Å²) in [5.41, 5.74) is 2.50. The molecule has 0 radical (unpaired) electrons. The van der Waals surface area contributed by atoms with Gasteiger partial charge in [-0.15, -0.1) is 10.2 Å². The molecular weight excluding hydrogens is 344 g/mol. The van der Waals surface area contributed by atoms with Crippen LogP contribution in [-0.2, 0) is 9.53 Å². The summed E-state index contributed by atoms with van der Waals surface area (Å²) >= 11 is 1.37. The molecule has 0 aromatic carbocycles. The normalized spacial score (nSPS) is 14.4. The quantitative estimate of drug-likeness (QED) is 0.602. The first-order valence-corrected chi connectivity index (χ1v) is 8.74. The number of esters is 1. The Kier molecular flexibility index (Phi) is 4.88. The van der Waals surface area contributed by atoms with Gasteiger partial charge in [-0.3, -0.25) is 4.40 Å². The smallest absolute Gasteiger partial charge is 0.337 e. The third-order valence-corrected chi connectivity index (χ3v) is 4.54. The molecule has 10 heteroatoms. The van der Waals surface area contributed by atoms with Gasteiger partial charge in [-0.25, -0.2) is 14.6 Å². The van der Waals surface area contributed by atoms with Crippen molar-refractivity contribution in [2.24, 2.45) is 0 Å². The van der Waals surface area contributed by atoms with Crippen LogP contribution in [0, 0.1) is 13.8 Å². The fourth-order valence-corrected chi connectivity index (χ4v) is 3.48. The fourth-order valence-electron chi connectivity index (χ4n) is 2.50. The summed E-state index contributed by atoms with van der Waals surface area (Å²) in [6.07, 6.45) is 0. The second-order valence-electron chi connectivity index (χ2n) is 5.39. The van der Waals surface area contributed by atoms with Crippen LogP contribution < -0.4 is 10.6 Å². The number of nitrogens with zero attached hydrogens (tertiary/aromatic N) is 4. The molecule has 0 saturated heterocycles. The first-order valence-electron chi connectivity index (χ1n) is 7.75. The zero-order valence-electron chi connectivity index (χ0n) is 14.1. The second kappa shape index (κ2) is 7.09. The lowest BCUT2D eigenvalue weighted by Gasteiger charge is -2.20. The average Bonchev–Trinajstić information content (AvgIpc) is 2.96. The van der Waals surface area contributed by atoms with Crippen LogP contribution in [0.5, 0.6) is 0 Å². The predicted molar refractivity (Wildman–Crippen MR) is 91.2 cm³/mol. The molecule has 2 amide bonds. The maximum atomic E-state index is 12.1. The van der Waals surface area contributed by atoms with Crippen molar-refractivity contribution in [1.82, 2.24) is 30.2 Å². The van der Waals surface area contributed by atoms with Crippen molar-refractivity contribution >= 4 is 29.4 Å². The van der Waals surface area contributed by atoms with Gasteiger partial charge in [0.25, 0.3) is 0 Å². The van der Waals surface area contributed by atoms with Crippen molar-refractivity contribution in [2.75, 3.05) is 18.9 Å². The molecule has 3 heterocycles. The van der Waals surface area contributed by atoms with E-state index in [0.29, 0.717) is 27.8 Å². The first kappa shape index (κ1) is 17.2. The number of rotatable bonds is 5. The maximum absolute atomic E-state index is 12.1. The zero-order chi connectivity index (χ0) is 18.0. The molecule has 0 bridgehead atoms. The van der Waals surface area contributed by atoms with Crippen LogP contribution in [0.2, 0.25) is 0 Å². The Hall–Kier alpha value is -2.62. The number of carbonyl (C=O) groups is 2. The van der Waals surface area contributed by atoms with Crippen LogP contribution in [-0.4, -0.2) is 50.5 Å². The van der Waals surface area contributed by atoms with E-state index in [4.69, 9.17) is 4.74 Å². The maximum Gasteiger partial charge on any atom is 0.337 e. The highest BCUT2D eigenvalue weighted by molar-refractivity contribution is 7.99. The molecule has 25 heavy (non-hydrogen) atoms. The third-order valence-electron chi connectivity index (χ3n) is 3.58. The summed E-state index contributed by atoms with van der Waals surface area (Å²) in [6.45, 7) is 5.93. The minimum absolute atomic E-state index is 0.140. The summed E-state index contributed by atoms with van der Waals surface area (Å²) in [6, 6.07) is 1.50. The lowest BCUT2D eigenvalue weighted by molar-refractivity contribution is -0.138. The molecule has 132 valence electrons. The molecule has 0 fully saturated rings. The molecule has 2 N–H and O–H groups in total. The van der Waals surface area contributed by atoms with Crippen molar-refractivity contribution in [2.45, 2.75) is 25.9 Å². The summed E-state index contributed by atoms with van der Waals surface area (Å²) in [7, 11) is 0. The summed E-state index contributed by atoms with van der Waals surface area (Å²) < 4.78 is 6.88. The van der Waals surface area contributed by atoms with Crippen LogP contribution in [0.25, 0.3) is 5.65 Å². The molecule has 0 atom stereocenters. The van der Waals surface area contributed by atoms with E-state index in [9.17, 15) is 9.59 Å². The third kappa shape index (κ3) is 3.58. The Balaban J connectivity index is 1.86. The van der Waals surface area contributed by atoms with Gasteiger partial charge in [0.05, 0.1) is 18.7 Å². The molecule has 2 aromatic rings. The molecule has 2 aromatic heterocycles. The number of fused-ring (bicyclic) bond motifs is 1. The number of hydrogen-bond donors (Lipinski definition) is 2.